The number of aliphatic carboxylic acids is 1. The summed E-state index contributed by atoms with van der Waals surface area (Å²) < 4.78 is 11.4. The number of carbonyl (C=O) groups excluding carboxylic acids is 1. The molecule has 0 amide bonds. The van der Waals surface area contributed by atoms with Crippen molar-refractivity contribution in [2.75, 3.05) is 6.61 Å². The van der Waals surface area contributed by atoms with Crippen molar-refractivity contribution in [1.29, 1.82) is 0 Å². The zero-order chi connectivity index (χ0) is 18.4. The first-order valence-corrected chi connectivity index (χ1v) is 9.12. The van der Waals surface area contributed by atoms with Gasteiger partial charge in [-0.3, -0.25) is 0 Å². The molecule has 0 aliphatic rings. The van der Waals surface area contributed by atoms with Crippen molar-refractivity contribution in [1.82, 2.24) is 4.98 Å². The lowest BCUT2D eigenvalue weighted by molar-refractivity contribution is -0.304. The van der Waals surface area contributed by atoms with E-state index >= 15 is 0 Å². The van der Waals surface area contributed by atoms with Gasteiger partial charge >= 0.3 is 0 Å². The van der Waals surface area contributed by atoms with E-state index in [-0.39, 0.29) is 6.42 Å². The number of hydrogen-bond donors (Lipinski definition) is 0. The molecule has 0 saturated heterocycles. The summed E-state index contributed by atoms with van der Waals surface area (Å²) in [5.74, 6) is 0.321. The Bertz CT molecular complexity index is 874. The SMILES string of the molecule is CCOc1ccccc1OCc1ccc(-c2nc(CC(=O)[O-])cs2)cc1. The van der Waals surface area contributed by atoms with Crippen LogP contribution in [0.4, 0.5) is 0 Å². The maximum absolute atomic E-state index is 10.6. The first kappa shape index (κ1) is 17.9. The van der Waals surface area contributed by atoms with Crippen LogP contribution in [0.2, 0.25) is 0 Å². The fourth-order valence-corrected chi connectivity index (χ4v) is 3.24. The summed E-state index contributed by atoms with van der Waals surface area (Å²) in [5.41, 5.74) is 2.48. The molecule has 5 nitrogen and oxygen atoms in total. The van der Waals surface area contributed by atoms with Crippen LogP contribution in [0.5, 0.6) is 11.5 Å². The number of nitrogens with zero attached hydrogens (tertiary/aromatic N) is 1. The zero-order valence-electron chi connectivity index (χ0n) is 14.3. The van der Waals surface area contributed by atoms with Crippen LogP contribution in [0.3, 0.4) is 0 Å². The number of rotatable bonds is 8. The molecule has 0 unspecified atom stereocenters. The van der Waals surface area contributed by atoms with Crippen LogP contribution in [0.1, 0.15) is 18.2 Å². The van der Waals surface area contributed by atoms with Crippen molar-refractivity contribution >= 4 is 17.3 Å². The van der Waals surface area contributed by atoms with Gasteiger partial charge in [0.05, 0.1) is 12.3 Å². The molecule has 0 spiro atoms. The third-order valence-electron chi connectivity index (χ3n) is 3.62. The normalized spacial score (nSPS) is 10.5. The number of hydrogen-bond acceptors (Lipinski definition) is 6. The molecule has 0 atom stereocenters. The van der Waals surface area contributed by atoms with Gasteiger partial charge in [0, 0.05) is 23.3 Å². The lowest BCUT2D eigenvalue weighted by Gasteiger charge is -2.11. The number of carboxylic acids is 1. The zero-order valence-corrected chi connectivity index (χ0v) is 15.1. The van der Waals surface area contributed by atoms with Crippen molar-refractivity contribution in [3.63, 3.8) is 0 Å². The standard InChI is InChI=1S/C20H19NO4S/c1-2-24-17-5-3-4-6-18(17)25-12-14-7-9-15(10-8-14)20-21-16(13-26-20)11-19(22)23/h3-10,13H,2,11-12H2,1H3,(H,22,23)/p-1. The average Bonchev–Trinajstić information content (AvgIpc) is 3.09. The van der Waals surface area contributed by atoms with Crippen LogP contribution in [0.25, 0.3) is 10.6 Å². The molecule has 1 aromatic heterocycles. The highest BCUT2D eigenvalue weighted by atomic mass is 32.1. The molecule has 0 bridgehead atoms. The molecule has 6 heteroatoms. The number of ether oxygens (including phenoxy) is 2. The van der Waals surface area contributed by atoms with Gasteiger partial charge in [-0.2, -0.15) is 0 Å². The van der Waals surface area contributed by atoms with Gasteiger partial charge < -0.3 is 19.4 Å². The summed E-state index contributed by atoms with van der Waals surface area (Å²) in [6.45, 7) is 2.95. The topological polar surface area (TPSA) is 71.5 Å². The van der Waals surface area contributed by atoms with E-state index in [0.29, 0.717) is 24.7 Å². The summed E-state index contributed by atoms with van der Waals surface area (Å²) in [6.07, 6.45) is -0.165. The van der Waals surface area contributed by atoms with Crippen LogP contribution >= 0.6 is 11.3 Å². The highest BCUT2D eigenvalue weighted by molar-refractivity contribution is 7.13. The maximum Gasteiger partial charge on any atom is 0.161 e. The Hall–Kier alpha value is -2.86. The third kappa shape index (κ3) is 4.61. The summed E-state index contributed by atoms with van der Waals surface area (Å²) in [6, 6.07) is 15.4. The first-order chi connectivity index (χ1) is 12.7. The predicted molar refractivity (Wildman–Crippen MR) is 98.2 cm³/mol. The number of para-hydroxylation sites is 2. The average molecular weight is 368 g/mol. The van der Waals surface area contributed by atoms with E-state index in [4.69, 9.17) is 9.47 Å². The molecule has 134 valence electrons. The van der Waals surface area contributed by atoms with E-state index < -0.39 is 5.97 Å². The minimum atomic E-state index is -1.12. The van der Waals surface area contributed by atoms with Gasteiger partial charge in [-0.25, -0.2) is 4.98 Å². The van der Waals surface area contributed by atoms with E-state index in [1.165, 1.54) is 11.3 Å². The van der Waals surface area contributed by atoms with Gasteiger partial charge in [0.1, 0.15) is 11.6 Å². The predicted octanol–water partition coefficient (Wildman–Crippen LogP) is 3.08. The van der Waals surface area contributed by atoms with Crippen LogP contribution < -0.4 is 14.6 Å². The van der Waals surface area contributed by atoms with Gasteiger partial charge in [-0.1, -0.05) is 36.4 Å². The van der Waals surface area contributed by atoms with Gasteiger partial charge in [0.2, 0.25) is 0 Å². The second kappa shape index (κ2) is 8.49. The van der Waals surface area contributed by atoms with Gasteiger partial charge in [-0.05, 0) is 24.6 Å². The van der Waals surface area contributed by atoms with Crippen molar-refractivity contribution in [2.45, 2.75) is 20.0 Å². The molecule has 2 aromatic carbocycles. The lowest BCUT2D eigenvalue weighted by Crippen LogP contribution is -2.24. The molecule has 26 heavy (non-hydrogen) atoms. The van der Waals surface area contributed by atoms with E-state index in [1.807, 2.05) is 55.5 Å². The molecule has 1 heterocycles. The number of benzene rings is 2. The van der Waals surface area contributed by atoms with Gasteiger partial charge in [-0.15, -0.1) is 11.3 Å². The number of carbonyl (C=O) groups is 1. The van der Waals surface area contributed by atoms with Gasteiger partial charge in [0.15, 0.2) is 11.5 Å². The highest BCUT2D eigenvalue weighted by Gasteiger charge is 2.07. The fourth-order valence-electron chi connectivity index (χ4n) is 2.42. The molecular weight excluding hydrogens is 350 g/mol. The summed E-state index contributed by atoms with van der Waals surface area (Å²) >= 11 is 1.42. The molecule has 0 N–H and O–H groups in total. The van der Waals surface area contributed by atoms with Crippen LogP contribution in [-0.4, -0.2) is 17.6 Å². The van der Waals surface area contributed by atoms with E-state index in [2.05, 4.69) is 4.98 Å². The van der Waals surface area contributed by atoms with Crippen molar-refractivity contribution in [3.8, 4) is 22.1 Å². The Morgan fingerprint density at radius 3 is 2.42 bits per heavy atom. The molecule has 0 aliphatic heterocycles. The Kier molecular flexibility index (Phi) is 5.86. The van der Waals surface area contributed by atoms with Crippen LogP contribution in [0.15, 0.2) is 53.9 Å². The third-order valence-corrected chi connectivity index (χ3v) is 4.56. The largest absolute Gasteiger partial charge is 0.550 e. The monoisotopic (exact) mass is 368 g/mol. The van der Waals surface area contributed by atoms with Crippen molar-refractivity contribution in [3.05, 3.63) is 65.2 Å². The molecule has 3 rings (SSSR count). The van der Waals surface area contributed by atoms with Crippen molar-refractivity contribution < 1.29 is 19.4 Å². The van der Waals surface area contributed by atoms with E-state index in [1.54, 1.807) is 5.38 Å². The smallest absolute Gasteiger partial charge is 0.161 e. The van der Waals surface area contributed by atoms with Crippen molar-refractivity contribution in [2.24, 2.45) is 0 Å². The maximum atomic E-state index is 10.6. The molecular formula is C20H18NO4S-. The Labute approximate surface area is 155 Å². The molecule has 0 aliphatic carbocycles. The second-order valence-corrected chi connectivity index (χ2v) is 6.42. The summed E-state index contributed by atoms with van der Waals surface area (Å²) in [7, 11) is 0. The summed E-state index contributed by atoms with van der Waals surface area (Å²) in [4.78, 5) is 15.0. The molecule has 0 saturated carbocycles. The quantitative estimate of drug-likeness (QED) is 0.611. The highest BCUT2D eigenvalue weighted by Crippen LogP contribution is 2.28. The summed E-state index contributed by atoms with van der Waals surface area (Å²) in [5, 5.41) is 13.2. The fraction of sp³-hybridized carbons (Fsp3) is 0.200. The van der Waals surface area contributed by atoms with Crippen LogP contribution in [0, 0.1) is 0 Å². The minimum absolute atomic E-state index is 0.165. The molecule has 3 aromatic rings. The Morgan fingerprint density at radius 1 is 1.08 bits per heavy atom. The molecule has 0 radical (unpaired) electrons. The first-order valence-electron chi connectivity index (χ1n) is 8.24. The lowest BCUT2D eigenvalue weighted by atomic mass is 10.1. The minimum Gasteiger partial charge on any atom is -0.550 e. The number of aromatic nitrogens is 1. The number of thiazole rings is 1. The van der Waals surface area contributed by atoms with E-state index in [9.17, 15) is 9.90 Å². The molecule has 0 fully saturated rings. The van der Waals surface area contributed by atoms with Crippen LogP contribution in [-0.2, 0) is 17.8 Å². The second-order valence-electron chi connectivity index (χ2n) is 5.56. The van der Waals surface area contributed by atoms with E-state index in [0.717, 1.165) is 21.9 Å². The Morgan fingerprint density at radius 2 is 1.77 bits per heavy atom. The number of carboxylic acid groups (broad SMARTS) is 1. The van der Waals surface area contributed by atoms with Gasteiger partial charge in [0.25, 0.3) is 0 Å². The Balaban J connectivity index is 1.65.